The molecule has 0 aromatic carbocycles. The Morgan fingerprint density at radius 3 is 2.67 bits per heavy atom. The van der Waals surface area contributed by atoms with Gasteiger partial charge in [0.25, 0.3) is 0 Å². The first-order valence-electron chi connectivity index (χ1n) is 2.45. The SMILES string of the molecule is O=C=C1CN[C@@H]1C(=O)O. The van der Waals surface area contributed by atoms with Gasteiger partial charge in [0.05, 0.1) is 5.57 Å². The van der Waals surface area contributed by atoms with E-state index in [0.717, 1.165) is 0 Å². The fourth-order valence-electron chi connectivity index (χ4n) is 0.638. The van der Waals surface area contributed by atoms with Crippen molar-refractivity contribution in [1.82, 2.24) is 5.32 Å². The maximum atomic E-state index is 10.1. The van der Waals surface area contributed by atoms with E-state index in [0.29, 0.717) is 12.1 Å². The number of carboxylic acid groups (broad SMARTS) is 1. The first kappa shape index (κ1) is 6.01. The van der Waals surface area contributed by atoms with Crippen LogP contribution in [0.4, 0.5) is 0 Å². The Labute approximate surface area is 51.2 Å². The van der Waals surface area contributed by atoms with Gasteiger partial charge >= 0.3 is 5.97 Å². The van der Waals surface area contributed by atoms with E-state index in [-0.39, 0.29) is 0 Å². The van der Waals surface area contributed by atoms with Gasteiger partial charge in [-0.2, -0.15) is 0 Å². The Hall–Kier alpha value is -1.12. The third-order valence-corrected chi connectivity index (χ3v) is 1.22. The highest BCUT2D eigenvalue weighted by Gasteiger charge is 2.30. The molecular formula is C5H5NO3. The molecule has 0 aromatic rings. The average Bonchev–Trinajstić information content (AvgIpc) is 1.61. The molecule has 2 N–H and O–H groups in total. The Morgan fingerprint density at radius 2 is 2.56 bits per heavy atom. The van der Waals surface area contributed by atoms with Crippen LogP contribution in [0.1, 0.15) is 0 Å². The number of carbonyl (C=O) groups is 1. The predicted octanol–water partition coefficient (Wildman–Crippen LogP) is -1.20. The monoisotopic (exact) mass is 127 g/mol. The molecule has 1 rings (SSSR count). The van der Waals surface area contributed by atoms with Gasteiger partial charge in [0, 0.05) is 6.54 Å². The van der Waals surface area contributed by atoms with Crippen LogP contribution in [0, 0.1) is 0 Å². The van der Waals surface area contributed by atoms with Crippen molar-refractivity contribution >= 4 is 11.9 Å². The van der Waals surface area contributed by atoms with Crippen LogP contribution in [0.3, 0.4) is 0 Å². The molecule has 0 bridgehead atoms. The molecule has 1 heterocycles. The fourth-order valence-corrected chi connectivity index (χ4v) is 0.638. The van der Waals surface area contributed by atoms with Gasteiger partial charge in [0.1, 0.15) is 12.0 Å². The van der Waals surface area contributed by atoms with E-state index in [1.165, 1.54) is 0 Å². The van der Waals surface area contributed by atoms with Crippen molar-refractivity contribution in [2.45, 2.75) is 6.04 Å². The molecule has 1 aliphatic heterocycles. The summed E-state index contributed by atoms with van der Waals surface area (Å²) in [6.07, 6.45) is 0. The van der Waals surface area contributed by atoms with E-state index < -0.39 is 12.0 Å². The summed E-state index contributed by atoms with van der Waals surface area (Å²) < 4.78 is 0. The van der Waals surface area contributed by atoms with Crippen LogP contribution in [0.2, 0.25) is 0 Å². The second-order valence-corrected chi connectivity index (χ2v) is 1.78. The van der Waals surface area contributed by atoms with Gasteiger partial charge in [-0.3, -0.25) is 10.1 Å². The Morgan fingerprint density at radius 1 is 1.89 bits per heavy atom. The van der Waals surface area contributed by atoms with Gasteiger partial charge in [-0.25, -0.2) is 4.79 Å². The quantitative estimate of drug-likeness (QED) is 0.434. The smallest absolute Gasteiger partial charge is 0.325 e. The molecule has 1 atom stereocenters. The van der Waals surface area contributed by atoms with Crippen molar-refractivity contribution in [3.8, 4) is 0 Å². The van der Waals surface area contributed by atoms with Crippen LogP contribution in [0.25, 0.3) is 0 Å². The number of aliphatic carboxylic acids is 1. The minimum atomic E-state index is -1.01. The van der Waals surface area contributed by atoms with Crippen LogP contribution in [-0.4, -0.2) is 29.6 Å². The normalized spacial score (nSPS) is 24.4. The summed E-state index contributed by atoms with van der Waals surface area (Å²) in [5, 5.41) is 10.8. The van der Waals surface area contributed by atoms with Gasteiger partial charge in [-0.1, -0.05) is 0 Å². The number of hydrogen-bond acceptors (Lipinski definition) is 3. The zero-order valence-corrected chi connectivity index (χ0v) is 4.55. The second kappa shape index (κ2) is 2.01. The van der Waals surface area contributed by atoms with Gasteiger partial charge in [-0.05, 0) is 0 Å². The Kier molecular flexibility index (Phi) is 1.34. The number of nitrogens with one attached hydrogen (secondary N) is 1. The van der Waals surface area contributed by atoms with Crippen molar-refractivity contribution in [2.24, 2.45) is 0 Å². The number of hydrogen-bond donors (Lipinski definition) is 2. The van der Waals surface area contributed by atoms with Crippen LogP contribution < -0.4 is 5.32 Å². The number of rotatable bonds is 1. The maximum Gasteiger partial charge on any atom is 0.325 e. The van der Waals surface area contributed by atoms with Crippen molar-refractivity contribution < 1.29 is 14.7 Å². The zero-order chi connectivity index (χ0) is 6.85. The fraction of sp³-hybridized carbons (Fsp3) is 0.400. The molecule has 0 amide bonds. The topological polar surface area (TPSA) is 66.4 Å². The molecule has 0 radical (unpaired) electrons. The lowest BCUT2D eigenvalue weighted by Gasteiger charge is -2.23. The first-order valence-corrected chi connectivity index (χ1v) is 2.45. The van der Waals surface area contributed by atoms with E-state index >= 15 is 0 Å². The maximum absolute atomic E-state index is 10.1. The van der Waals surface area contributed by atoms with E-state index in [9.17, 15) is 9.59 Å². The largest absolute Gasteiger partial charge is 0.480 e. The summed E-state index contributed by atoms with van der Waals surface area (Å²) in [6, 6.07) is -0.775. The van der Waals surface area contributed by atoms with E-state index in [1.54, 1.807) is 5.94 Å². The van der Waals surface area contributed by atoms with Crippen LogP contribution >= 0.6 is 0 Å². The highest BCUT2D eigenvalue weighted by Crippen LogP contribution is 2.06. The Balaban J connectivity index is 2.66. The minimum Gasteiger partial charge on any atom is -0.480 e. The molecule has 0 saturated carbocycles. The highest BCUT2D eigenvalue weighted by atomic mass is 16.4. The summed E-state index contributed by atoms with van der Waals surface area (Å²) in [6.45, 7) is 0.362. The van der Waals surface area contributed by atoms with Gasteiger partial charge in [-0.15, -0.1) is 0 Å². The summed E-state index contributed by atoms with van der Waals surface area (Å²) in [4.78, 5) is 19.9. The third-order valence-electron chi connectivity index (χ3n) is 1.22. The third kappa shape index (κ3) is 0.850. The molecule has 1 fully saturated rings. The molecule has 1 aliphatic rings. The molecule has 0 aromatic heterocycles. The van der Waals surface area contributed by atoms with Crippen molar-refractivity contribution in [1.29, 1.82) is 0 Å². The Bertz CT molecular complexity index is 192. The molecule has 48 valence electrons. The lowest BCUT2D eigenvalue weighted by molar-refractivity contribution is -0.139. The molecular weight excluding hydrogens is 122 g/mol. The molecule has 0 aliphatic carbocycles. The predicted molar refractivity (Wildman–Crippen MR) is 28.6 cm³/mol. The van der Waals surface area contributed by atoms with Crippen molar-refractivity contribution in [2.75, 3.05) is 6.54 Å². The lowest BCUT2D eigenvalue weighted by Crippen LogP contribution is -2.51. The van der Waals surface area contributed by atoms with Crippen LogP contribution in [-0.2, 0) is 9.59 Å². The van der Waals surface area contributed by atoms with E-state index in [4.69, 9.17) is 5.11 Å². The van der Waals surface area contributed by atoms with Gasteiger partial charge in [0.2, 0.25) is 0 Å². The molecule has 4 heteroatoms. The molecule has 4 nitrogen and oxygen atoms in total. The number of carboxylic acids is 1. The first-order chi connectivity index (χ1) is 4.25. The van der Waals surface area contributed by atoms with Gasteiger partial charge in [0.15, 0.2) is 0 Å². The average molecular weight is 127 g/mol. The highest BCUT2D eigenvalue weighted by molar-refractivity contribution is 5.83. The molecule has 1 saturated heterocycles. The molecule has 0 spiro atoms. The summed E-state index contributed by atoms with van der Waals surface area (Å²) in [5.74, 6) is 0.542. The van der Waals surface area contributed by atoms with Crippen LogP contribution in [0.15, 0.2) is 5.57 Å². The molecule has 0 unspecified atom stereocenters. The lowest BCUT2D eigenvalue weighted by atomic mass is 10.0. The van der Waals surface area contributed by atoms with Gasteiger partial charge < -0.3 is 5.11 Å². The summed E-state index contributed by atoms with van der Waals surface area (Å²) in [5.41, 5.74) is 0.294. The standard InChI is InChI=1S/C5H5NO3/c7-2-3-1-6-4(3)5(8)9/h4,6H,1H2,(H,8,9)/t4-/m0/s1. The summed E-state index contributed by atoms with van der Waals surface area (Å²) >= 11 is 0. The second-order valence-electron chi connectivity index (χ2n) is 1.78. The van der Waals surface area contributed by atoms with E-state index in [1.807, 2.05) is 0 Å². The van der Waals surface area contributed by atoms with Crippen molar-refractivity contribution in [3.05, 3.63) is 5.57 Å². The molecule has 9 heavy (non-hydrogen) atoms. The van der Waals surface area contributed by atoms with Crippen molar-refractivity contribution in [3.63, 3.8) is 0 Å². The van der Waals surface area contributed by atoms with Crippen LogP contribution in [0.5, 0.6) is 0 Å². The zero-order valence-electron chi connectivity index (χ0n) is 4.55. The number of carbonyl (C=O) groups excluding carboxylic acids is 1. The van der Waals surface area contributed by atoms with E-state index in [2.05, 4.69) is 5.32 Å². The summed E-state index contributed by atoms with van der Waals surface area (Å²) in [7, 11) is 0. The minimum absolute atomic E-state index is 0.294.